The molecule has 1 aliphatic rings. The Bertz CT molecular complexity index is 1140. The van der Waals surface area contributed by atoms with E-state index in [2.05, 4.69) is 32.4 Å². The Balaban J connectivity index is 1.45. The average molecular weight is 385 g/mol. The number of hydrogen-bond donors (Lipinski definition) is 2. The van der Waals surface area contributed by atoms with Crippen LogP contribution in [0.2, 0.25) is 0 Å². The Kier molecular flexibility index (Phi) is 4.52. The SMILES string of the molecule is Fc1ccccc1C1Cc2cnc(NCCc3cnc[nH]3)nc2-c2ccccc21. The predicted molar refractivity (Wildman–Crippen MR) is 110 cm³/mol. The van der Waals surface area contributed by atoms with Gasteiger partial charge in [0.15, 0.2) is 0 Å². The number of aromatic amines is 1. The fraction of sp³-hybridized carbons (Fsp3) is 0.174. The van der Waals surface area contributed by atoms with Crippen LogP contribution in [-0.4, -0.2) is 26.5 Å². The molecule has 29 heavy (non-hydrogen) atoms. The van der Waals surface area contributed by atoms with Crippen LogP contribution in [0.25, 0.3) is 11.3 Å². The maximum Gasteiger partial charge on any atom is 0.223 e. The Labute approximate surface area is 168 Å². The van der Waals surface area contributed by atoms with Gasteiger partial charge < -0.3 is 10.3 Å². The number of nitrogens with one attached hydrogen (secondary N) is 2. The molecular formula is C23H20FN5. The molecule has 0 saturated carbocycles. The number of halogens is 1. The van der Waals surface area contributed by atoms with Gasteiger partial charge in [0.05, 0.1) is 12.0 Å². The van der Waals surface area contributed by atoms with Crippen molar-refractivity contribution in [1.82, 2.24) is 19.9 Å². The number of hydrogen-bond acceptors (Lipinski definition) is 4. The van der Waals surface area contributed by atoms with E-state index in [1.807, 2.05) is 36.7 Å². The first-order valence-corrected chi connectivity index (χ1v) is 9.70. The fourth-order valence-electron chi connectivity index (χ4n) is 3.99. The standard InChI is InChI=1S/C23H20FN5/c24-21-8-4-3-6-18(21)20-11-15-12-27-23(26-10-9-16-13-25-14-28-16)29-22(15)19-7-2-1-5-17(19)20/h1-8,12-14,20H,9-11H2,(H,25,28)(H,26,27,29). The second kappa shape index (κ2) is 7.47. The van der Waals surface area contributed by atoms with Gasteiger partial charge in [0, 0.05) is 42.5 Å². The summed E-state index contributed by atoms with van der Waals surface area (Å²) in [7, 11) is 0. The first-order valence-electron chi connectivity index (χ1n) is 9.70. The van der Waals surface area contributed by atoms with E-state index >= 15 is 0 Å². The Morgan fingerprint density at radius 1 is 1.03 bits per heavy atom. The van der Waals surface area contributed by atoms with Crippen molar-refractivity contribution in [2.45, 2.75) is 18.8 Å². The molecule has 0 bridgehead atoms. The van der Waals surface area contributed by atoms with E-state index in [0.29, 0.717) is 24.5 Å². The minimum absolute atomic E-state index is 0.0392. The molecule has 2 aromatic heterocycles. The molecule has 2 aromatic carbocycles. The number of aromatic nitrogens is 4. The van der Waals surface area contributed by atoms with Gasteiger partial charge in [-0.3, -0.25) is 0 Å². The van der Waals surface area contributed by atoms with Crippen LogP contribution in [-0.2, 0) is 12.8 Å². The molecule has 6 heteroatoms. The third-order valence-corrected chi connectivity index (χ3v) is 5.39. The molecule has 144 valence electrons. The third-order valence-electron chi connectivity index (χ3n) is 5.39. The normalized spacial score (nSPS) is 14.9. The van der Waals surface area contributed by atoms with Crippen LogP contribution in [0.15, 0.2) is 67.3 Å². The highest BCUT2D eigenvalue weighted by Crippen LogP contribution is 2.42. The molecule has 0 saturated heterocycles. The van der Waals surface area contributed by atoms with Gasteiger partial charge in [-0.05, 0) is 29.2 Å². The summed E-state index contributed by atoms with van der Waals surface area (Å²) in [4.78, 5) is 16.4. The van der Waals surface area contributed by atoms with Crippen molar-refractivity contribution < 1.29 is 4.39 Å². The number of anilines is 1. The molecule has 2 N–H and O–H groups in total. The number of H-pyrrole nitrogens is 1. The molecule has 0 fully saturated rings. The van der Waals surface area contributed by atoms with E-state index in [0.717, 1.165) is 34.5 Å². The lowest BCUT2D eigenvalue weighted by molar-refractivity contribution is 0.593. The molecule has 1 unspecified atom stereocenters. The minimum Gasteiger partial charge on any atom is -0.354 e. The van der Waals surface area contributed by atoms with Crippen LogP contribution in [0.4, 0.5) is 10.3 Å². The summed E-state index contributed by atoms with van der Waals surface area (Å²) < 4.78 is 14.5. The average Bonchev–Trinajstić information content (AvgIpc) is 3.27. The molecule has 0 radical (unpaired) electrons. The Hall–Kier alpha value is -3.54. The van der Waals surface area contributed by atoms with Crippen molar-refractivity contribution in [2.24, 2.45) is 0 Å². The maximum absolute atomic E-state index is 14.5. The van der Waals surface area contributed by atoms with Gasteiger partial charge >= 0.3 is 0 Å². The summed E-state index contributed by atoms with van der Waals surface area (Å²) in [5, 5.41) is 3.29. The van der Waals surface area contributed by atoms with Crippen LogP contribution in [0, 0.1) is 5.82 Å². The number of fused-ring (bicyclic) bond motifs is 3. The topological polar surface area (TPSA) is 66.5 Å². The highest BCUT2D eigenvalue weighted by atomic mass is 19.1. The first-order chi connectivity index (χ1) is 14.3. The lowest BCUT2D eigenvalue weighted by Gasteiger charge is -2.27. The summed E-state index contributed by atoms with van der Waals surface area (Å²) in [5.41, 5.74) is 5.89. The van der Waals surface area contributed by atoms with Crippen molar-refractivity contribution in [2.75, 3.05) is 11.9 Å². The van der Waals surface area contributed by atoms with Gasteiger partial charge in [-0.25, -0.2) is 19.3 Å². The summed E-state index contributed by atoms with van der Waals surface area (Å²) in [6.07, 6.45) is 6.85. The van der Waals surface area contributed by atoms with E-state index in [1.54, 1.807) is 12.4 Å². The van der Waals surface area contributed by atoms with Gasteiger partial charge in [0.2, 0.25) is 5.95 Å². The van der Waals surface area contributed by atoms with Gasteiger partial charge in [-0.15, -0.1) is 0 Å². The highest BCUT2D eigenvalue weighted by Gasteiger charge is 2.28. The summed E-state index contributed by atoms with van der Waals surface area (Å²) in [5.74, 6) is 0.388. The fourth-order valence-corrected chi connectivity index (χ4v) is 3.99. The second-order valence-corrected chi connectivity index (χ2v) is 7.19. The van der Waals surface area contributed by atoms with Crippen LogP contribution in [0.1, 0.15) is 28.3 Å². The highest BCUT2D eigenvalue weighted by molar-refractivity contribution is 5.72. The third kappa shape index (κ3) is 3.38. The number of benzene rings is 2. The lowest BCUT2D eigenvalue weighted by Crippen LogP contribution is -2.16. The van der Waals surface area contributed by atoms with Gasteiger partial charge in [-0.2, -0.15) is 0 Å². The molecule has 4 aromatic rings. The van der Waals surface area contributed by atoms with Crippen molar-refractivity contribution in [3.8, 4) is 11.3 Å². The smallest absolute Gasteiger partial charge is 0.223 e. The van der Waals surface area contributed by atoms with Crippen LogP contribution < -0.4 is 5.32 Å². The van der Waals surface area contributed by atoms with Crippen molar-refractivity contribution >= 4 is 5.95 Å². The molecule has 1 aliphatic carbocycles. The molecule has 0 amide bonds. The van der Waals surface area contributed by atoms with Crippen molar-refractivity contribution in [3.63, 3.8) is 0 Å². The van der Waals surface area contributed by atoms with E-state index in [4.69, 9.17) is 4.98 Å². The van der Waals surface area contributed by atoms with Gasteiger partial charge in [0.1, 0.15) is 5.82 Å². The van der Waals surface area contributed by atoms with E-state index in [-0.39, 0.29) is 11.7 Å². The molecule has 5 nitrogen and oxygen atoms in total. The zero-order chi connectivity index (χ0) is 19.6. The monoisotopic (exact) mass is 385 g/mol. The number of nitrogens with zero attached hydrogens (tertiary/aromatic N) is 3. The predicted octanol–water partition coefficient (Wildman–Crippen LogP) is 4.35. The van der Waals surface area contributed by atoms with E-state index in [9.17, 15) is 4.39 Å². The number of imidazole rings is 1. The molecular weight excluding hydrogens is 365 g/mol. The summed E-state index contributed by atoms with van der Waals surface area (Å²) in [6.45, 7) is 0.709. The molecule has 0 spiro atoms. The van der Waals surface area contributed by atoms with Crippen molar-refractivity contribution in [3.05, 3.63) is 95.5 Å². The molecule has 0 aliphatic heterocycles. The summed E-state index contributed by atoms with van der Waals surface area (Å²) >= 11 is 0. The molecule has 1 atom stereocenters. The summed E-state index contributed by atoms with van der Waals surface area (Å²) in [6, 6.07) is 15.1. The second-order valence-electron chi connectivity index (χ2n) is 7.19. The zero-order valence-electron chi connectivity index (χ0n) is 15.8. The molecule has 5 rings (SSSR count). The van der Waals surface area contributed by atoms with E-state index in [1.165, 1.54) is 6.07 Å². The van der Waals surface area contributed by atoms with E-state index < -0.39 is 0 Å². The minimum atomic E-state index is -0.172. The zero-order valence-corrected chi connectivity index (χ0v) is 15.8. The van der Waals surface area contributed by atoms with Crippen LogP contribution >= 0.6 is 0 Å². The largest absolute Gasteiger partial charge is 0.354 e. The van der Waals surface area contributed by atoms with Crippen molar-refractivity contribution in [1.29, 1.82) is 0 Å². The number of rotatable bonds is 5. The van der Waals surface area contributed by atoms with Gasteiger partial charge in [0.25, 0.3) is 0 Å². The Morgan fingerprint density at radius 2 is 1.86 bits per heavy atom. The van der Waals surface area contributed by atoms with Crippen LogP contribution in [0.5, 0.6) is 0 Å². The quantitative estimate of drug-likeness (QED) is 0.536. The maximum atomic E-state index is 14.5. The molecule has 2 heterocycles. The lowest BCUT2D eigenvalue weighted by atomic mass is 9.78. The van der Waals surface area contributed by atoms with Crippen LogP contribution in [0.3, 0.4) is 0 Å². The Morgan fingerprint density at radius 3 is 2.69 bits per heavy atom. The first kappa shape index (κ1) is 17.6. The van der Waals surface area contributed by atoms with Gasteiger partial charge in [-0.1, -0.05) is 42.5 Å².